The summed E-state index contributed by atoms with van der Waals surface area (Å²) >= 11 is 0. The fourth-order valence-corrected chi connectivity index (χ4v) is 12.7. The lowest BCUT2D eigenvalue weighted by Crippen LogP contribution is -2.45. The number of carbonyl (C=O) groups is 2. The zero-order valence-electron chi connectivity index (χ0n) is 60.2. The third-order valence-corrected chi connectivity index (χ3v) is 18.8. The van der Waals surface area contributed by atoms with Crippen LogP contribution >= 0.6 is 0 Å². The number of ether oxygens (including phenoxy) is 1. The third-order valence-electron chi connectivity index (χ3n) is 18.8. The van der Waals surface area contributed by atoms with Gasteiger partial charge in [-0.05, 0) is 83.5 Å². The molecule has 3 N–H and O–H groups in total. The fourth-order valence-electron chi connectivity index (χ4n) is 12.7. The molecule has 0 aliphatic carbocycles. The SMILES string of the molecule is CCC/C=C\C/C=C\CCCCCCCC(=O)OCCCCCCCCCCCCCCCCCC/C=C\CCCCCCCCCCCCCCCCCCCC(=O)NC(CO)C(O)/C=C/CCCCCCCCCCCCCCCCCCCCCC. The van der Waals surface area contributed by atoms with Crippen molar-refractivity contribution < 1.29 is 24.5 Å². The van der Waals surface area contributed by atoms with Crippen LogP contribution in [0.2, 0.25) is 0 Å². The van der Waals surface area contributed by atoms with Crippen LogP contribution in [0.5, 0.6) is 0 Å². The van der Waals surface area contributed by atoms with Crippen LogP contribution in [0.15, 0.2) is 48.6 Å². The van der Waals surface area contributed by atoms with Crippen LogP contribution in [-0.2, 0) is 14.3 Å². The van der Waals surface area contributed by atoms with Crippen LogP contribution in [0.25, 0.3) is 0 Å². The lowest BCUT2D eigenvalue weighted by molar-refractivity contribution is -0.143. The van der Waals surface area contributed by atoms with Crippen molar-refractivity contribution in [2.75, 3.05) is 13.2 Å². The maximum Gasteiger partial charge on any atom is 0.305 e. The molecule has 0 fully saturated rings. The summed E-state index contributed by atoms with van der Waals surface area (Å²) in [6.07, 6.45) is 104. The Labute approximate surface area is 556 Å². The first-order valence-electron chi connectivity index (χ1n) is 40.4. The van der Waals surface area contributed by atoms with E-state index in [0.29, 0.717) is 19.4 Å². The summed E-state index contributed by atoms with van der Waals surface area (Å²) in [4.78, 5) is 24.6. The molecule has 89 heavy (non-hydrogen) atoms. The molecule has 0 aliphatic heterocycles. The van der Waals surface area contributed by atoms with Gasteiger partial charge in [0.05, 0.1) is 25.4 Å². The number of allylic oxidation sites excluding steroid dienone is 7. The van der Waals surface area contributed by atoms with Crippen LogP contribution in [0.3, 0.4) is 0 Å². The average Bonchev–Trinajstić information content (AvgIpc) is 3.55. The molecular formula is C83H157NO5. The molecule has 0 aromatic heterocycles. The Balaban J connectivity index is 3.36. The fraction of sp³-hybridized carbons (Fsp3) is 0.880. The van der Waals surface area contributed by atoms with E-state index < -0.39 is 12.1 Å². The van der Waals surface area contributed by atoms with Gasteiger partial charge < -0.3 is 20.3 Å². The van der Waals surface area contributed by atoms with E-state index in [1.807, 2.05) is 6.08 Å². The van der Waals surface area contributed by atoms with Crippen LogP contribution in [-0.4, -0.2) is 47.4 Å². The molecule has 1 amide bonds. The van der Waals surface area contributed by atoms with Crippen molar-refractivity contribution in [3.8, 4) is 0 Å². The summed E-state index contributed by atoms with van der Waals surface area (Å²) in [5.74, 6) is -0.0533. The zero-order chi connectivity index (χ0) is 64.2. The molecule has 0 radical (unpaired) electrons. The summed E-state index contributed by atoms with van der Waals surface area (Å²) in [5, 5.41) is 23.3. The smallest absolute Gasteiger partial charge is 0.305 e. The maximum atomic E-state index is 12.5. The molecule has 6 nitrogen and oxygen atoms in total. The van der Waals surface area contributed by atoms with E-state index in [1.165, 1.54) is 366 Å². The third kappa shape index (κ3) is 74.7. The molecule has 0 aromatic carbocycles. The molecule has 0 bridgehead atoms. The molecule has 524 valence electrons. The lowest BCUT2D eigenvalue weighted by Gasteiger charge is -2.20. The summed E-state index contributed by atoms with van der Waals surface area (Å²) in [6, 6.07) is -0.626. The standard InChI is InChI=1S/C83H157NO5/c1-3-5-7-9-11-13-15-17-18-19-20-21-39-42-45-48-52-55-59-63-67-71-75-81(86)80(79-85)84-82(87)76-72-68-64-60-56-53-49-46-43-40-37-35-33-31-29-27-25-23-22-24-26-28-30-32-34-36-38-41-44-47-50-54-58-62-66-70-74-78-89-83(88)77-73-69-65-61-57-51-16-14-12-10-8-6-4-2/h8,10,14,16,22,24,71,75,80-81,85-86H,3-7,9,11-13,15,17-21,23,25-70,72-74,76-79H2,1-2H3,(H,84,87)/b10-8-,16-14-,24-22-,75-71+. The molecule has 6 heteroatoms. The first kappa shape index (κ1) is 86.8. The van der Waals surface area contributed by atoms with E-state index in [9.17, 15) is 19.8 Å². The van der Waals surface area contributed by atoms with Gasteiger partial charge in [0, 0.05) is 12.8 Å². The maximum absolute atomic E-state index is 12.5. The average molecular weight is 1250 g/mol. The largest absolute Gasteiger partial charge is 0.466 e. The van der Waals surface area contributed by atoms with Gasteiger partial charge in [0.2, 0.25) is 5.91 Å². The Kier molecular flexibility index (Phi) is 76.3. The molecule has 0 heterocycles. The Morgan fingerprint density at radius 1 is 0.315 bits per heavy atom. The quantitative estimate of drug-likeness (QED) is 0.0320. The molecule has 0 saturated heterocycles. The number of unbranched alkanes of at least 4 members (excludes halogenated alkanes) is 59. The van der Waals surface area contributed by atoms with Gasteiger partial charge in [0.1, 0.15) is 0 Å². The number of nitrogens with one attached hydrogen (secondary N) is 1. The van der Waals surface area contributed by atoms with Crippen LogP contribution < -0.4 is 5.32 Å². The zero-order valence-corrected chi connectivity index (χ0v) is 60.2. The van der Waals surface area contributed by atoms with Crippen molar-refractivity contribution in [3.63, 3.8) is 0 Å². The molecule has 2 atom stereocenters. The van der Waals surface area contributed by atoms with Crippen LogP contribution in [0.4, 0.5) is 0 Å². The Morgan fingerprint density at radius 2 is 0.584 bits per heavy atom. The summed E-state index contributed by atoms with van der Waals surface area (Å²) in [7, 11) is 0. The molecule has 0 aromatic rings. The van der Waals surface area contributed by atoms with Crippen molar-refractivity contribution in [2.45, 2.75) is 456 Å². The molecular weight excluding hydrogens is 1090 g/mol. The molecule has 0 rings (SSSR count). The number of hydrogen-bond donors (Lipinski definition) is 3. The van der Waals surface area contributed by atoms with Crippen LogP contribution in [0, 0.1) is 0 Å². The van der Waals surface area contributed by atoms with E-state index in [2.05, 4.69) is 55.6 Å². The lowest BCUT2D eigenvalue weighted by atomic mass is 10.0. The van der Waals surface area contributed by atoms with Gasteiger partial charge in [-0.1, -0.05) is 396 Å². The minimum Gasteiger partial charge on any atom is -0.466 e. The highest BCUT2D eigenvalue weighted by Gasteiger charge is 2.18. The van der Waals surface area contributed by atoms with Gasteiger partial charge in [0.15, 0.2) is 0 Å². The van der Waals surface area contributed by atoms with Crippen LogP contribution in [0.1, 0.15) is 444 Å². The number of hydrogen-bond acceptors (Lipinski definition) is 5. The Morgan fingerprint density at radius 3 is 0.910 bits per heavy atom. The minimum absolute atomic E-state index is 0.00616. The van der Waals surface area contributed by atoms with Gasteiger partial charge in [-0.25, -0.2) is 0 Å². The second-order valence-electron chi connectivity index (χ2n) is 27.7. The normalized spacial score (nSPS) is 12.7. The highest BCUT2D eigenvalue weighted by atomic mass is 16.5. The Hall–Kier alpha value is -2.18. The van der Waals surface area contributed by atoms with E-state index in [4.69, 9.17) is 4.74 Å². The number of rotatable bonds is 76. The molecule has 0 spiro atoms. The molecule has 0 aliphatic rings. The first-order chi connectivity index (χ1) is 44.0. The second-order valence-corrected chi connectivity index (χ2v) is 27.7. The topological polar surface area (TPSA) is 95.9 Å². The predicted octanol–water partition coefficient (Wildman–Crippen LogP) is 26.8. The summed E-state index contributed by atoms with van der Waals surface area (Å²) in [5.41, 5.74) is 0. The van der Waals surface area contributed by atoms with E-state index in [1.54, 1.807) is 6.08 Å². The minimum atomic E-state index is -0.843. The molecule has 2 unspecified atom stereocenters. The number of aliphatic hydroxyl groups is 2. The number of carbonyl (C=O) groups excluding carboxylic acids is 2. The number of esters is 1. The molecule has 0 saturated carbocycles. The van der Waals surface area contributed by atoms with E-state index in [-0.39, 0.29) is 18.5 Å². The van der Waals surface area contributed by atoms with Crippen molar-refractivity contribution in [3.05, 3.63) is 48.6 Å². The monoisotopic (exact) mass is 1250 g/mol. The van der Waals surface area contributed by atoms with Gasteiger partial charge in [-0.15, -0.1) is 0 Å². The predicted molar refractivity (Wildman–Crippen MR) is 393 cm³/mol. The van der Waals surface area contributed by atoms with Gasteiger partial charge >= 0.3 is 5.97 Å². The van der Waals surface area contributed by atoms with E-state index in [0.717, 1.165) is 51.4 Å². The number of aliphatic hydroxyl groups excluding tert-OH is 2. The Bertz CT molecular complexity index is 1490. The number of amides is 1. The van der Waals surface area contributed by atoms with Crippen molar-refractivity contribution >= 4 is 11.9 Å². The van der Waals surface area contributed by atoms with Crippen molar-refractivity contribution in [1.82, 2.24) is 5.32 Å². The summed E-state index contributed by atoms with van der Waals surface area (Å²) < 4.78 is 5.48. The van der Waals surface area contributed by atoms with Crippen molar-refractivity contribution in [2.24, 2.45) is 0 Å². The first-order valence-corrected chi connectivity index (χ1v) is 40.4. The van der Waals surface area contributed by atoms with Gasteiger partial charge in [0.25, 0.3) is 0 Å². The summed E-state index contributed by atoms with van der Waals surface area (Å²) in [6.45, 7) is 4.88. The highest BCUT2D eigenvalue weighted by Crippen LogP contribution is 2.20. The highest BCUT2D eigenvalue weighted by molar-refractivity contribution is 5.76. The van der Waals surface area contributed by atoms with Crippen molar-refractivity contribution in [1.29, 1.82) is 0 Å². The van der Waals surface area contributed by atoms with Gasteiger partial charge in [-0.2, -0.15) is 0 Å². The second kappa shape index (κ2) is 78.3. The van der Waals surface area contributed by atoms with Gasteiger partial charge in [-0.3, -0.25) is 9.59 Å². The van der Waals surface area contributed by atoms with E-state index >= 15 is 0 Å².